The van der Waals surface area contributed by atoms with Crippen LogP contribution in [0.25, 0.3) is 0 Å². The third-order valence-corrected chi connectivity index (χ3v) is 3.57. The highest BCUT2D eigenvalue weighted by Gasteiger charge is 2.36. The second-order valence-corrected chi connectivity index (χ2v) is 5.13. The van der Waals surface area contributed by atoms with Crippen LogP contribution in [-0.2, 0) is 4.79 Å². The van der Waals surface area contributed by atoms with E-state index in [2.05, 4.69) is 6.92 Å². The standard InChI is InChI=1S/C14H28O4/c1-2-3-4-5-6-7-8-9-10-14(11-15,12-16)13(17)18/h15-16H,2-12H2,1H3,(H,17,18). The summed E-state index contributed by atoms with van der Waals surface area (Å²) < 4.78 is 0. The first-order chi connectivity index (χ1) is 8.63. The third kappa shape index (κ3) is 6.36. The first-order valence-corrected chi connectivity index (χ1v) is 7.08. The second-order valence-electron chi connectivity index (χ2n) is 5.13. The summed E-state index contributed by atoms with van der Waals surface area (Å²) in [6.45, 7) is 1.21. The number of carbonyl (C=O) groups is 1. The van der Waals surface area contributed by atoms with Crippen LogP contribution in [0.3, 0.4) is 0 Å². The van der Waals surface area contributed by atoms with E-state index in [4.69, 9.17) is 15.3 Å². The molecule has 0 saturated carbocycles. The fourth-order valence-electron chi connectivity index (χ4n) is 2.05. The lowest BCUT2D eigenvalue weighted by Gasteiger charge is -2.24. The van der Waals surface area contributed by atoms with Crippen molar-refractivity contribution in [2.24, 2.45) is 5.41 Å². The lowest BCUT2D eigenvalue weighted by molar-refractivity contribution is -0.155. The van der Waals surface area contributed by atoms with E-state index < -0.39 is 24.6 Å². The van der Waals surface area contributed by atoms with E-state index in [1.807, 2.05) is 0 Å². The van der Waals surface area contributed by atoms with Gasteiger partial charge >= 0.3 is 5.97 Å². The summed E-state index contributed by atoms with van der Waals surface area (Å²) in [5.41, 5.74) is -1.35. The molecule has 0 unspecified atom stereocenters. The van der Waals surface area contributed by atoms with Crippen molar-refractivity contribution in [3.63, 3.8) is 0 Å². The molecule has 3 N–H and O–H groups in total. The summed E-state index contributed by atoms with van der Waals surface area (Å²) in [6, 6.07) is 0. The van der Waals surface area contributed by atoms with Crippen LogP contribution < -0.4 is 0 Å². The highest BCUT2D eigenvalue weighted by molar-refractivity contribution is 5.74. The van der Waals surface area contributed by atoms with Crippen molar-refractivity contribution >= 4 is 5.97 Å². The molecule has 4 nitrogen and oxygen atoms in total. The van der Waals surface area contributed by atoms with Gasteiger partial charge in [0.2, 0.25) is 0 Å². The molecular formula is C14H28O4. The van der Waals surface area contributed by atoms with Crippen LogP contribution in [0.1, 0.15) is 64.7 Å². The van der Waals surface area contributed by atoms with Gasteiger partial charge in [0.05, 0.1) is 13.2 Å². The zero-order chi connectivity index (χ0) is 13.9. The van der Waals surface area contributed by atoms with Crippen LogP contribution in [0.5, 0.6) is 0 Å². The molecule has 0 saturated heterocycles. The summed E-state index contributed by atoms with van der Waals surface area (Å²) in [6.07, 6.45) is 9.44. The number of aliphatic hydroxyl groups excluding tert-OH is 2. The van der Waals surface area contributed by atoms with Gasteiger partial charge in [0, 0.05) is 0 Å². The number of carboxylic acid groups (broad SMARTS) is 1. The van der Waals surface area contributed by atoms with Gasteiger partial charge in [0.15, 0.2) is 0 Å². The Bertz CT molecular complexity index is 212. The number of aliphatic hydroxyl groups is 2. The van der Waals surface area contributed by atoms with E-state index in [1.165, 1.54) is 32.1 Å². The van der Waals surface area contributed by atoms with Crippen LogP contribution in [0.2, 0.25) is 0 Å². The van der Waals surface area contributed by atoms with Crippen molar-refractivity contribution in [2.45, 2.75) is 64.7 Å². The van der Waals surface area contributed by atoms with Gasteiger partial charge < -0.3 is 15.3 Å². The van der Waals surface area contributed by atoms with E-state index in [9.17, 15) is 4.79 Å². The molecule has 0 aliphatic carbocycles. The SMILES string of the molecule is CCCCCCCCCCC(CO)(CO)C(=O)O. The molecule has 0 aliphatic rings. The Hall–Kier alpha value is -0.610. The van der Waals surface area contributed by atoms with Gasteiger partial charge in [0.1, 0.15) is 5.41 Å². The Morgan fingerprint density at radius 3 is 1.72 bits per heavy atom. The molecule has 0 fully saturated rings. The minimum Gasteiger partial charge on any atom is -0.481 e. The molecule has 4 heteroatoms. The van der Waals surface area contributed by atoms with Crippen LogP contribution >= 0.6 is 0 Å². The highest BCUT2D eigenvalue weighted by atomic mass is 16.4. The van der Waals surface area contributed by atoms with Crippen LogP contribution in [0.15, 0.2) is 0 Å². The fraction of sp³-hybridized carbons (Fsp3) is 0.929. The van der Waals surface area contributed by atoms with E-state index in [0.717, 1.165) is 19.3 Å². The van der Waals surface area contributed by atoms with Crippen molar-refractivity contribution < 1.29 is 20.1 Å². The van der Waals surface area contributed by atoms with Gasteiger partial charge in [0.25, 0.3) is 0 Å². The Morgan fingerprint density at radius 1 is 0.889 bits per heavy atom. The predicted octanol–water partition coefficient (Wildman–Crippen LogP) is 2.57. The summed E-state index contributed by atoms with van der Waals surface area (Å²) in [4.78, 5) is 11.0. The largest absolute Gasteiger partial charge is 0.481 e. The van der Waals surface area contributed by atoms with Crippen molar-refractivity contribution in [1.82, 2.24) is 0 Å². The lowest BCUT2D eigenvalue weighted by Crippen LogP contribution is -2.38. The van der Waals surface area contributed by atoms with Crippen LogP contribution in [-0.4, -0.2) is 34.5 Å². The molecule has 0 amide bonds. The predicted molar refractivity (Wildman–Crippen MR) is 71.5 cm³/mol. The molecule has 0 aliphatic heterocycles. The smallest absolute Gasteiger partial charge is 0.314 e. The molecule has 0 heterocycles. The quantitative estimate of drug-likeness (QED) is 0.471. The van der Waals surface area contributed by atoms with E-state index >= 15 is 0 Å². The normalized spacial score (nSPS) is 11.7. The molecule has 108 valence electrons. The van der Waals surface area contributed by atoms with Crippen molar-refractivity contribution in [1.29, 1.82) is 0 Å². The molecule has 0 aromatic carbocycles. The van der Waals surface area contributed by atoms with Gasteiger partial charge in [-0.2, -0.15) is 0 Å². The van der Waals surface area contributed by atoms with Gasteiger partial charge in [-0.15, -0.1) is 0 Å². The Labute approximate surface area is 110 Å². The molecule has 0 radical (unpaired) electrons. The summed E-state index contributed by atoms with van der Waals surface area (Å²) in [5, 5.41) is 27.2. The average molecular weight is 260 g/mol. The first-order valence-electron chi connectivity index (χ1n) is 7.08. The van der Waals surface area contributed by atoms with Crippen LogP contribution in [0, 0.1) is 5.41 Å². The van der Waals surface area contributed by atoms with Crippen LogP contribution in [0.4, 0.5) is 0 Å². The van der Waals surface area contributed by atoms with Gasteiger partial charge in [-0.3, -0.25) is 4.79 Å². The number of unbranched alkanes of at least 4 members (excludes halogenated alkanes) is 7. The Kier molecular flexibility index (Phi) is 9.98. The third-order valence-electron chi connectivity index (χ3n) is 3.57. The second kappa shape index (κ2) is 10.3. The van der Waals surface area contributed by atoms with Gasteiger partial charge in [-0.05, 0) is 6.42 Å². The lowest BCUT2D eigenvalue weighted by atomic mass is 9.84. The maximum Gasteiger partial charge on any atom is 0.314 e. The minimum absolute atomic E-state index is 0.351. The summed E-state index contributed by atoms with van der Waals surface area (Å²) >= 11 is 0. The van der Waals surface area contributed by atoms with E-state index in [0.29, 0.717) is 6.42 Å². The molecule has 0 spiro atoms. The number of hydrogen-bond donors (Lipinski definition) is 3. The number of hydrogen-bond acceptors (Lipinski definition) is 3. The molecule has 18 heavy (non-hydrogen) atoms. The molecule has 0 aromatic heterocycles. The monoisotopic (exact) mass is 260 g/mol. The minimum atomic E-state index is -1.35. The Morgan fingerprint density at radius 2 is 1.33 bits per heavy atom. The number of rotatable bonds is 12. The maximum absolute atomic E-state index is 11.0. The highest BCUT2D eigenvalue weighted by Crippen LogP contribution is 2.25. The zero-order valence-corrected chi connectivity index (χ0v) is 11.5. The summed E-state index contributed by atoms with van der Waals surface area (Å²) in [5.74, 6) is -1.10. The van der Waals surface area contributed by atoms with E-state index in [1.54, 1.807) is 0 Å². The average Bonchev–Trinajstić information content (AvgIpc) is 2.37. The maximum atomic E-state index is 11.0. The number of carboxylic acids is 1. The fourth-order valence-corrected chi connectivity index (χ4v) is 2.05. The van der Waals surface area contributed by atoms with Gasteiger partial charge in [-0.1, -0.05) is 58.3 Å². The van der Waals surface area contributed by atoms with Crippen molar-refractivity contribution in [2.75, 3.05) is 13.2 Å². The molecule has 0 bridgehead atoms. The Balaban J connectivity index is 3.65. The molecule has 0 atom stereocenters. The molecular weight excluding hydrogens is 232 g/mol. The molecule has 0 rings (SSSR count). The van der Waals surface area contributed by atoms with Crippen molar-refractivity contribution in [3.8, 4) is 0 Å². The van der Waals surface area contributed by atoms with Crippen molar-refractivity contribution in [3.05, 3.63) is 0 Å². The molecule has 0 aromatic rings. The topological polar surface area (TPSA) is 77.8 Å². The van der Waals surface area contributed by atoms with Gasteiger partial charge in [-0.25, -0.2) is 0 Å². The van der Waals surface area contributed by atoms with E-state index in [-0.39, 0.29) is 0 Å². The first kappa shape index (κ1) is 17.4. The summed E-state index contributed by atoms with van der Waals surface area (Å²) in [7, 11) is 0. The number of aliphatic carboxylic acids is 1. The zero-order valence-electron chi connectivity index (χ0n) is 11.5.